The van der Waals surface area contributed by atoms with Gasteiger partial charge in [0.25, 0.3) is 0 Å². The van der Waals surface area contributed by atoms with Gasteiger partial charge >= 0.3 is 0 Å². The number of ether oxygens (including phenoxy) is 1. The van der Waals surface area contributed by atoms with Gasteiger partial charge in [-0.05, 0) is 38.6 Å². The van der Waals surface area contributed by atoms with Crippen LogP contribution in [0.5, 0.6) is 5.75 Å². The second-order valence-electron chi connectivity index (χ2n) is 5.02. The van der Waals surface area contributed by atoms with E-state index in [0.29, 0.717) is 0 Å². The van der Waals surface area contributed by atoms with Crippen molar-refractivity contribution in [1.29, 1.82) is 5.26 Å². The van der Waals surface area contributed by atoms with Gasteiger partial charge in [0.1, 0.15) is 5.75 Å². The molecule has 0 N–H and O–H groups in total. The topological polar surface area (TPSA) is 36.3 Å². The number of nitrogens with zero attached hydrogens (tertiary/aromatic N) is 2. The van der Waals surface area contributed by atoms with Crippen molar-refractivity contribution in [3.8, 4) is 11.8 Å². The van der Waals surface area contributed by atoms with Gasteiger partial charge < -0.3 is 9.64 Å². The lowest BCUT2D eigenvalue weighted by Crippen LogP contribution is -2.29. The summed E-state index contributed by atoms with van der Waals surface area (Å²) in [7, 11) is 3.69. The Morgan fingerprint density at radius 3 is 2.35 bits per heavy atom. The zero-order valence-electron chi connectivity index (χ0n) is 11.0. The molecule has 0 aliphatic carbocycles. The largest absolute Gasteiger partial charge is 0.497 e. The van der Waals surface area contributed by atoms with E-state index < -0.39 is 0 Å². The van der Waals surface area contributed by atoms with E-state index in [9.17, 15) is 0 Å². The molecule has 0 amide bonds. The summed E-state index contributed by atoms with van der Waals surface area (Å²) >= 11 is 0. The first-order chi connectivity index (χ1) is 7.96. The fraction of sp³-hybridized carbons (Fsp3) is 0.500. The summed E-state index contributed by atoms with van der Waals surface area (Å²) in [6, 6.07) is 10.3. The average molecular weight is 232 g/mol. The second kappa shape index (κ2) is 5.70. The van der Waals surface area contributed by atoms with Crippen molar-refractivity contribution in [2.24, 2.45) is 5.41 Å². The van der Waals surface area contributed by atoms with Crippen molar-refractivity contribution in [2.45, 2.75) is 20.4 Å². The summed E-state index contributed by atoms with van der Waals surface area (Å²) in [6.45, 7) is 5.51. The van der Waals surface area contributed by atoms with Crippen LogP contribution in [0.25, 0.3) is 0 Å². The fourth-order valence-electron chi connectivity index (χ4n) is 1.81. The first kappa shape index (κ1) is 13.5. The fourth-order valence-corrected chi connectivity index (χ4v) is 1.81. The van der Waals surface area contributed by atoms with Crippen molar-refractivity contribution in [1.82, 2.24) is 4.90 Å². The van der Waals surface area contributed by atoms with Crippen LogP contribution >= 0.6 is 0 Å². The maximum absolute atomic E-state index is 8.98. The van der Waals surface area contributed by atoms with Gasteiger partial charge in [-0.3, -0.25) is 0 Å². The van der Waals surface area contributed by atoms with Gasteiger partial charge in [0.05, 0.1) is 18.6 Å². The van der Waals surface area contributed by atoms with Gasteiger partial charge in [0.2, 0.25) is 0 Å². The van der Waals surface area contributed by atoms with E-state index in [2.05, 4.69) is 23.1 Å². The van der Waals surface area contributed by atoms with E-state index in [1.165, 1.54) is 5.56 Å². The van der Waals surface area contributed by atoms with Gasteiger partial charge in [-0.15, -0.1) is 0 Å². The third-order valence-corrected chi connectivity index (χ3v) is 2.58. The third kappa shape index (κ3) is 4.46. The number of hydrogen-bond acceptors (Lipinski definition) is 3. The molecule has 0 aliphatic heterocycles. The van der Waals surface area contributed by atoms with Crippen molar-refractivity contribution >= 4 is 0 Å². The molecule has 17 heavy (non-hydrogen) atoms. The summed E-state index contributed by atoms with van der Waals surface area (Å²) in [6.07, 6.45) is 0. The van der Waals surface area contributed by atoms with E-state index in [0.717, 1.165) is 18.8 Å². The van der Waals surface area contributed by atoms with Crippen LogP contribution in [-0.4, -0.2) is 25.6 Å². The van der Waals surface area contributed by atoms with Gasteiger partial charge in [-0.2, -0.15) is 5.26 Å². The molecule has 92 valence electrons. The van der Waals surface area contributed by atoms with E-state index in [1.54, 1.807) is 7.11 Å². The van der Waals surface area contributed by atoms with Crippen LogP contribution < -0.4 is 4.74 Å². The van der Waals surface area contributed by atoms with Crippen molar-refractivity contribution in [2.75, 3.05) is 20.7 Å². The first-order valence-electron chi connectivity index (χ1n) is 5.69. The zero-order valence-corrected chi connectivity index (χ0v) is 11.0. The summed E-state index contributed by atoms with van der Waals surface area (Å²) in [4.78, 5) is 2.16. The van der Waals surface area contributed by atoms with Crippen molar-refractivity contribution < 1.29 is 4.74 Å². The summed E-state index contributed by atoms with van der Waals surface area (Å²) < 4.78 is 5.12. The molecule has 0 heterocycles. The number of rotatable bonds is 5. The predicted molar refractivity (Wildman–Crippen MR) is 68.7 cm³/mol. The summed E-state index contributed by atoms with van der Waals surface area (Å²) in [5.41, 5.74) is 0.920. The minimum atomic E-state index is -0.304. The Morgan fingerprint density at radius 2 is 1.88 bits per heavy atom. The normalized spacial score (nSPS) is 11.3. The lowest BCUT2D eigenvalue weighted by atomic mass is 9.95. The Bertz CT molecular complexity index is 390. The molecule has 1 aromatic carbocycles. The summed E-state index contributed by atoms with van der Waals surface area (Å²) in [5.74, 6) is 0.869. The third-order valence-electron chi connectivity index (χ3n) is 2.58. The lowest BCUT2D eigenvalue weighted by molar-refractivity contribution is 0.248. The minimum Gasteiger partial charge on any atom is -0.497 e. The molecule has 3 nitrogen and oxygen atoms in total. The highest BCUT2D eigenvalue weighted by Gasteiger charge is 2.18. The molecule has 0 spiro atoms. The van der Waals surface area contributed by atoms with Gasteiger partial charge in [-0.1, -0.05) is 12.1 Å². The van der Waals surface area contributed by atoms with Crippen LogP contribution in [0, 0.1) is 16.7 Å². The van der Waals surface area contributed by atoms with Crippen LogP contribution in [-0.2, 0) is 6.54 Å². The van der Waals surface area contributed by atoms with Crippen molar-refractivity contribution in [3.05, 3.63) is 29.8 Å². The molecule has 1 aromatic rings. The molecule has 0 saturated carbocycles. The Labute approximate surface area is 104 Å². The smallest absolute Gasteiger partial charge is 0.118 e. The van der Waals surface area contributed by atoms with E-state index in [1.807, 2.05) is 33.0 Å². The number of benzene rings is 1. The number of hydrogen-bond donors (Lipinski definition) is 0. The average Bonchev–Trinajstić information content (AvgIpc) is 2.29. The van der Waals surface area contributed by atoms with Crippen LogP contribution in [0.3, 0.4) is 0 Å². The maximum atomic E-state index is 8.98. The molecular weight excluding hydrogens is 212 g/mol. The number of methoxy groups -OCH3 is 1. The van der Waals surface area contributed by atoms with E-state index >= 15 is 0 Å². The molecule has 0 atom stereocenters. The zero-order chi connectivity index (χ0) is 12.9. The van der Waals surface area contributed by atoms with Gasteiger partial charge in [0.15, 0.2) is 0 Å². The first-order valence-corrected chi connectivity index (χ1v) is 5.69. The molecule has 0 radical (unpaired) electrons. The number of nitriles is 1. The van der Waals surface area contributed by atoms with Crippen LogP contribution in [0.1, 0.15) is 19.4 Å². The van der Waals surface area contributed by atoms with E-state index in [-0.39, 0.29) is 5.41 Å². The molecular formula is C14H20N2O. The summed E-state index contributed by atoms with van der Waals surface area (Å²) in [5, 5.41) is 8.98. The Hall–Kier alpha value is -1.53. The molecule has 0 aromatic heterocycles. The molecule has 0 fully saturated rings. The van der Waals surface area contributed by atoms with E-state index in [4.69, 9.17) is 10.00 Å². The van der Waals surface area contributed by atoms with Crippen LogP contribution in [0.15, 0.2) is 24.3 Å². The second-order valence-corrected chi connectivity index (χ2v) is 5.02. The van der Waals surface area contributed by atoms with Gasteiger partial charge in [0, 0.05) is 13.1 Å². The quantitative estimate of drug-likeness (QED) is 0.783. The predicted octanol–water partition coefficient (Wildman–Crippen LogP) is 2.68. The minimum absolute atomic E-state index is 0.304. The Morgan fingerprint density at radius 1 is 1.29 bits per heavy atom. The standard InChI is InChI=1S/C14H20N2O/c1-14(2,10-15)11-16(3)9-12-5-7-13(17-4)8-6-12/h5-8H,9,11H2,1-4H3. The maximum Gasteiger partial charge on any atom is 0.118 e. The highest BCUT2D eigenvalue weighted by molar-refractivity contribution is 5.27. The highest BCUT2D eigenvalue weighted by atomic mass is 16.5. The van der Waals surface area contributed by atoms with Crippen LogP contribution in [0.2, 0.25) is 0 Å². The molecule has 0 bridgehead atoms. The SMILES string of the molecule is COc1ccc(CN(C)CC(C)(C)C#N)cc1. The molecule has 1 rings (SSSR count). The molecule has 0 unspecified atom stereocenters. The van der Waals surface area contributed by atoms with Gasteiger partial charge in [-0.25, -0.2) is 0 Å². The van der Waals surface area contributed by atoms with Crippen molar-refractivity contribution in [3.63, 3.8) is 0 Å². The monoisotopic (exact) mass is 232 g/mol. The molecule has 3 heteroatoms. The molecule has 0 saturated heterocycles. The molecule has 0 aliphatic rings. The Kier molecular flexibility index (Phi) is 4.53. The lowest BCUT2D eigenvalue weighted by Gasteiger charge is -2.24. The highest BCUT2D eigenvalue weighted by Crippen LogP contribution is 2.17. The Balaban J connectivity index is 2.56. The van der Waals surface area contributed by atoms with Crippen LogP contribution in [0.4, 0.5) is 0 Å².